The van der Waals surface area contributed by atoms with Gasteiger partial charge in [0.05, 0.1) is 13.1 Å². The maximum atomic E-state index is 8.63. The van der Waals surface area contributed by atoms with Gasteiger partial charge in [0.2, 0.25) is 10.4 Å². The van der Waals surface area contributed by atoms with Crippen molar-refractivity contribution in [3.05, 3.63) is 0 Å². The van der Waals surface area contributed by atoms with Crippen molar-refractivity contribution in [2.24, 2.45) is 11.8 Å². The van der Waals surface area contributed by atoms with Crippen LogP contribution in [0.1, 0.15) is 220 Å². The topological polar surface area (TPSA) is 94.0 Å². The molecule has 2 unspecified atom stereocenters. The highest BCUT2D eigenvalue weighted by Gasteiger charge is 2.08. The number of hydrogen-bond donors (Lipinski definition) is 2. The third kappa shape index (κ3) is 48.7. The number of rotatable bonds is 34. The molecule has 0 fully saturated rings. The second-order valence-electron chi connectivity index (χ2n) is 14.2. The van der Waals surface area contributed by atoms with E-state index in [9.17, 15) is 0 Å². The van der Waals surface area contributed by atoms with Crippen molar-refractivity contribution < 1.29 is 22.8 Å². The number of unbranched alkanes of at least 4 members (excludes halogenated alkanes) is 26. The van der Waals surface area contributed by atoms with Crippen LogP contribution in [-0.2, 0) is 10.4 Å². The van der Waals surface area contributed by atoms with Crippen LogP contribution in [0.3, 0.4) is 0 Å². The summed E-state index contributed by atoms with van der Waals surface area (Å²) < 4.78 is 32.8. The smallest absolute Gasteiger partial charge is 0.215 e. The van der Waals surface area contributed by atoms with Gasteiger partial charge in [-0.25, -0.2) is 8.42 Å². The van der Waals surface area contributed by atoms with Crippen molar-refractivity contribution in [2.75, 3.05) is 13.1 Å². The summed E-state index contributed by atoms with van der Waals surface area (Å²) in [6.07, 6.45) is 44.0. The number of nitrogens with two attached hydrogens (primary N) is 1. The summed E-state index contributed by atoms with van der Waals surface area (Å²) in [4.78, 5) is 0. The van der Waals surface area contributed by atoms with E-state index < -0.39 is 10.4 Å². The van der Waals surface area contributed by atoms with Crippen molar-refractivity contribution in [1.82, 2.24) is 0 Å². The molecule has 0 aliphatic heterocycles. The third-order valence-corrected chi connectivity index (χ3v) is 9.24. The molecule has 2 atom stereocenters. The molecule has 0 aliphatic rings. The van der Waals surface area contributed by atoms with E-state index in [4.69, 9.17) is 17.5 Å². The highest BCUT2D eigenvalue weighted by Crippen LogP contribution is 2.16. The van der Waals surface area contributed by atoms with Crippen LogP contribution in [0.15, 0.2) is 0 Å². The molecule has 0 bridgehead atoms. The van der Waals surface area contributed by atoms with E-state index in [1.165, 1.54) is 206 Å². The lowest BCUT2D eigenvalue weighted by Gasteiger charge is -2.13. The van der Waals surface area contributed by atoms with Crippen LogP contribution in [0, 0.1) is 11.8 Å². The van der Waals surface area contributed by atoms with Crippen molar-refractivity contribution in [3.8, 4) is 0 Å². The predicted molar refractivity (Wildman–Crippen MR) is 192 cm³/mol. The van der Waals surface area contributed by atoms with Crippen molar-refractivity contribution in [2.45, 2.75) is 220 Å². The molecule has 0 aromatic heterocycles. The van der Waals surface area contributed by atoms with Crippen molar-refractivity contribution >= 4 is 10.4 Å². The Morgan fingerprint density at radius 3 is 0.841 bits per heavy atom. The Bertz CT molecular complexity index is 582. The average Bonchev–Trinajstić information content (AvgIpc) is 2.96. The highest BCUT2D eigenvalue weighted by atomic mass is 32.3. The Labute approximate surface area is 277 Å². The Balaban J connectivity index is 0. The fraction of sp³-hybridized carbons (Fsp3) is 1.00. The molecule has 0 saturated carbocycles. The minimum absolute atomic E-state index is 0.899. The fourth-order valence-corrected chi connectivity index (χ4v) is 6.28. The Morgan fingerprint density at radius 1 is 0.455 bits per heavy atom. The Kier molecular flexibility index (Phi) is 38.9. The van der Waals surface area contributed by atoms with E-state index in [2.05, 4.69) is 33.0 Å². The molecule has 0 saturated heterocycles. The maximum Gasteiger partial charge on any atom is 0.215 e. The van der Waals surface area contributed by atoms with Crippen LogP contribution < -0.4 is 5.32 Å². The quantitative estimate of drug-likeness (QED) is 0.0413. The summed E-state index contributed by atoms with van der Waals surface area (Å²) in [5.74, 6) is 1.80. The second-order valence-corrected chi connectivity index (χ2v) is 15.0. The summed E-state index contributed by atoms with van der Waals surface area (Å²) in [7, 11) is -4.92. The molecule has 6 heteroatoms. The lowest BCUT2D eigenvalue weighted by molar-refractivity contribution is -0.665. The van der Waals surface area contributed by atoms with Crippen LogP contribution in [0.2, 0.25) is 0 Å². The van der Waals surface area contributed by atoms with Crippen molar-refractivity contribution in [3.63, 3.8) is 0 Å². The van der Waals surface area contributed by atoms with Gasteiger partial charge in [-0.2, -0.15) is 0 Å². The van der Waals surface area contributed by atoms with Crippen LogP contribution in [0.4, 0.5) is 0 Å². The molecule has 0 rings (SSSR count). The van der Waals surface area contributed by atoms with Crippen LogP contribution in [-0.4, -0.2) is 30.6 Å². The van der Waals surface area contributed by atoms with E-state index in [0.29, 0.717) is 0 Å². The number of quaternary nitrogens is 1. The highest BCUT2D eigenvalue weighted by molar-refractivity contribution is 7.79. The Morgan fingerprint density at radius 2 is 0.636 bits per heavy atom. The normalized spacial score (nSPS) is 13.0. The summed E-state index contributed by atoms with van der Waals surface area (Å²) in [6, 6.07) is 0. The lowest BCUT2D eigenvalue weighted by atomic mass is 9.99. The van der Waals surface area contributed by atoms with Crippen molar-refractivity contribution in [1.29, 1.82) is 0 Å². The molecule has 0 heterocycles. The van der Waals surface area contributed by atoms with Gasteiger partial charge in [0.1, 0.15) is 0 Å². The molecule has 5 nitrogen and oxygen atoms in total. The predicted octanol–water partition coefficient (Wildman–Crippen LogP) is 11.6. The molecule has 44 heavy (non-hydrogen) atoms. The molecule has 0 aromatic carbocycles. The monoisotopic (exact) mass is 648 g/mol. The van der Waals surface area contributed by atoms with Gasteiger partial charge in [-0.3, -0.25) is 4.55 Å². The summed E-state index contributed by atoms with van der Waals surface area (Å²) in [5, 5.41) is 2.63. The first-order chi connectivity index (χ1) is 21.2. The molecule has 0 aromatic rings. The van der Waals surface area contributed by atoms with Gasteiger partial charge >= 0.3 is 0 Å². The zero-order chi connectivity index (χ0) is 33.0. The maximum absolute atomic E-state index is 8.63. The summed E-state index contributed by atoms with van der Waals surface area (Å²) in [5.41, 5.74) is 0. The van der Waals surface area contributed by atoms with Gasteiger partial charge in [-0.1, -0.05) is 207 Å². The standard InChI is InChI=1S/C38H79N.H2O4S/c1-5-7-9-11-13-15-17-19-21-23-25-27-29-31-33-37(3)35-39-36-38(4)34-32-30-28-26-24-22-20-18-16-14-12-10-8-6-2;1-5(2,3)4/h37-39H,5-36H2,1-4H3;(H2,1,2,3,4). The van der Waals surface area contributed by atoms with E-state index in [-0.39, 0.29) is 0 Å². The van der Waals surface area contributed by atoms with Gasteiger partial charge in [0.15, 0.2) is 0 Å². The SMILES string of the molecule is CCCCCCCCCCCCCCCCC(C)C[NH2+]CC(C)CCCCCCCCCCCCCCCC.O=S(=O)([O-])O. The van der Waals surface area contributed by atoms with E-state index >= 15 is 0 Å². The van der Waals surface area contributed by atoms with Crippen LogP contribution in [0.5, 0.6) is 0 Å². The summed E-state index contributed by atoms with van der Waals surface area (Å²) >= 11 is 0. The molecule has 0 aliphatic carbocycles. The fourth-order valence-electron chi connectivity index (χ4n) is 6.28. The number of hydrogen-bond acceptors (Lipinski definition) is 3. The molecule has 0 spiro atoms. The molecular weight excluding hydrogens is 566 g/mol. The largest absolute Gasteiger partial charge is 0.726 e. The van der Waals surface area contributed by atoms with Gasteiger partial charge in [-0.15, -0.1) is 0 Å². The minimum Gasteiger partial charge on any atom is -0.726 e. The first-order valence-corrected chi connectivity index (χ1v) is 21.1. The van der Waals surface area contributed by atoms with E-state index in [0.717, 1.165) is 11.8 Å². The Hall–Kier alpha value is -0.170. The first kappa shape index (κ1) is 46.0. The minimum atomic E-state index is -4.92. The van der Waals surface area contributed by atoms with Crippen LogP contribution in [0.25, 0.3) is 0 Å². The zero-order valence-electron chi connectivity index (χ0n) is 30.4. The molecule has 3 N–H and O–H groups in total. The molecule has 0 radical (unpaired) electrons. The lowest BCUT2D eigenvalue weighted by Crippen LogP contribution is -2.86. The third-order valence-electron chi connectivity index (χ3n) is 9.24. The van der Waals surface area contributed by atoms with E-state index in [1.807, 2.05) is 0 Å². The van der Waals surface area contributed by atoms with Gasteiger partial charge in [0.25, 0.3) is 0 Å². The van der Waals surface area contributed by atoms with Gasteiger partial charge in [-0.05, 0) is 12.8 Å². The molecular formula is C38H81NO4S. The average molecular weight is 648 g/mol. The van der Waals surface area contributed by atoms with Gasteiger partial charge < -0.3 is 9.87 Å². The van der Waals surface area contributed by atoms with Gasteiger partial charge in [0, 0.05) is 11.8 Å². The zero-order valence-corrected chi connectivity index (χ0v) is 31.3. The summed E-state index contributed by atoms with van der Waals surface area (Å²) in [6.45, 7) is 12.3. The van der Waals surface area contributed by atoms with E-state index in [1.54, 1.807) is 0 Å². The molecule has 0 amide bonds. The van der Waals surface area contributed by atoms with Crippen LogP contribution >= 0.6 is 0 Å². The molecule has 268 valence electrons. The second kappa shape index (κ2) is 37.3. The first-order valence-electron chi connectivity index (χ1n) is 19.7.